The molecule has 1 aromatic heterocycles. The van der Waals surface area contributed by atoms with E-state index >= 15 is 0 Å². The standard InChI is InChI=1S/C23H19FN2O4/c1-3-25-22(28)15-5-4-13(2)18(10-15)14-6-8-17(19(24)11-14)21(27)20-9-7-16(12-26-20)23(29)30/h4-12H,3H2,1-2H3,(H,25,28)(H,29,30). The Bertz CT molecular complexity index is 1140. The van der Waals surface area contributed by atoms with Gasteiger partial charge in [-0.1, -0.05) is 12.1 Å². The third-order valence-electron chi connectivity index (χ3n) is 4.60. The summed E-state index contributed by atoms with van der Waals surface area (Å²) < 4.78 is 14.8. The van der Waals surface area contributed by atoms with E-state index < -0.39 is 17.6 Å². The Morgan fingerprint density at radius 1 is 1.03 bits per heavy atom. The Morgan fingerprint density at radius 3 is 2.37 bits per heavy atom. The maximum Gasteiger partial charge on any atom is 0.337 e. The van der Waals surface area contributed by atoms with E-state index in [1.165, 1.54) is 24.3 Å². The fourth-order valence-electron chi connectivity index (χ4n) is 3.00. The van der Waals surface area contributed by atoms with Gasteiger partial charge in [0, 0.05) is 18.3 Å². The zero-order valence-electron chi connectivity index (χ0n) is 16.4. The molecule has 7 heteroatoms. The minimum absolute atomic E-state index is 0.0546. The van der Waals surface area contributed by atoms with E-state index in [-0.39, 0.29) is 22.7 Å². The van der Waals surface area contributed by atoms with E-state index in [4.69, 9.17) is 5.11 Å². The number of aromatic carboxylic acids is 1. The molecule has 0 radical (unpaired) electrons. The number of aromatic nitrogens is 1. The third-order valence-corrected chi connectivity index (χ3v) is 4.60. The predicted molar refractivity (Wildman–Crippen MR) is 109 cm³/mol. The van der Waals surface area contributed by atoms with Gasteiger partial charge in [-0.25, -0.2) is 9.18 Å². The summed E-state index contributed by atoms with van der Waals surface area (Å²) in [5, 5.41) is 11.6. The van der Waals surface area contributed by atoms with Gasteiger partial charge >= 0.3 is 5.97 Å². The molecule has 1 heterocycles. The van der Waals surface area contributed by atoms with Gasteiger partial charge in [0.2, 0.25) is 5.78 Å². The van der Waals surface area contributed by atoms with Crippen molar-refractivity contribution in [2.24, 2.45) is 0 Å². The lowest BCUT2D eigenvalue weighted by Gasteiger charge is -2.11. The van der Waals surface area contributed by atoms with Crippen molar-refractivity contribution in [3.05, 3.63) is 88.5 Å². The Hall–Kier alpha value is -3.87. The SMILES string of the molecule is CCNC(=O)c1ccc(C)c(-c2ccc(C(=O)c3ccc(C(=O)O)cn3)c(F)c2)c1. The van der Waals surface area contributed by atoms with Crippen LogP contribution in [0.5, 0.6) is 0 Å². The van der Waals surface area contributed by atoms with Crippen LogP contribution in [0.2, 0.25) is 0 Å². The van der Waals surface area contributed by atoms with E-state index in [0.717, 1.165) is 11.8 Å². The monoisotopic (exact) mass is 406 g/mol. The number of ketones is 1. The number of pyridine rings is 1. The molecule has 0 spiro atoms. The van der Waals surface area contributed by atoms with Crippen LogP contribution in [0.25, 0.3) is 11.1 Å². The number of benzene rings is 2. The minimum Gasteiger partial charge on any atom is -0.478 e. The van der Waals surface area contributed by atoms with Crippen LogP contribution in [-0.2, 0) is 0 Å². The molecule has 0 saturated heterocycles. The first-order valence-corrected chi connectivity index (χ1v) is 9.24. The molecule has 0 atom stereocenters. The van der Waals surface area contributed by atoms with Crippen molar-refractivity contribution in [1.82, 2.24) is 10.3 Å². The normalized spacial score (nSPS) is 10.5. The molecule has 0 fully saturated rings. The summed E-state index contributed by atoms with van der Waals surface area (Å²) in [5.74, 6) is -2.77. The molecule has 0 aliphatic heterocycles. The fourth-order valence-corrected chi connectivity index (χ4v) is 3.00. The van der Waals surface area contributed by atoms with Crippen LogP contribution in [0.1, 0.15) is 49.3 Å². The Balaban J connectivity index is 1.93. The molecule has 6 nitrogen and oxygen atoms in total. The van der Waals surface area contributed by atoms with Crippen LogP contribution >= 0.6 is 0 Å². The number of carboxylic acid groups (broad SMARTS) is 1. The quantitative estimate of drug-likeness (QED) is 0.606. The van der Waals surface area contributed by atoms with E-state index in [1.807, 2.05) is 13.8 Å². The van der Waals surface area contributed by atoms with Gasteiger partial charge in [-0.05, 0) is 66.9 Å². The third kappa shape index (κ3) is 4.25. The smallest absolute Gasteiger partial charge is 0.337 e. The molecule has 0 unspecified atom stereocenters. The van der Waals surface area contributed by atoms with Crippen LogP contribution in [0, 0.1) is 12.7 Å². The number of aryl methyl sites for hydroxylation is 1. The van der Waals surface area contributed by atoms with Crippen molar-refractivity contribution in [2.75, 3.05) is 6.54 Å². The van der Waals surface area contributed by atoms with Crippen LogP contribution in [0.4, 0.5) is 4.39 Å². The van der Waals surface area contributed by atoms with Gasteiger partial charge in [0.05, 0.1) is 11.1 Å². The number of carbonyl (C=O) groups is 3. The second kappa shape index (κ2) is 8.65. The van der Waals surface area contributed by atoms with Gasteiger partial charge in [0.15, 0.2) is 0 Å². The van der Waals surface area contributed by atoms with Crippen molar-refractivity contribution in [2.45, 2.75) is 13.8 Å². The molecule has 2 aromatic carbocycles. The van der Waals surface area contributed by atoms with E-state index in [9.17, 15) is 18.8 Å². The molecular weight excluding hydrogens is 387 g/mol. The number of nitrogens with zero attached hydrogens (tertiary/aromatic N) is 1. The summed E-state index contributed by atoms with van der Waals surface area (Å²) in [6.45, 7) is 4.17. The lowest BCUT2D eigenvalue weighted by Crippen LogP contribution is -2.22. The molecule has 3 rings (SSSR count). The first-order valence-electron chi connectivity index (χ1n) is 9.24. The van der Waals surface area contributed by atoms with E-state index in [2.05, 4.69) is 10.3 Å². The Labute approximate surface area is 172 Å². The number of amides is 1. The lowest BCUT2D eigenvalue weighted by atomic mass is 9.95. The van der Waals surface area contributed by atoms with Gasteiger partial charge in [0.25, 0.3) is 5.91 Å². The highest BCUT2D eigenvalue weighted by Gasteiger charge is 2.18. The summed E-state index contributed by atoms with van der Waals surface area (Å²) >= 11 is 0. The molecule has 0 saturated carbocycles. The van der Waals surface area contributed by atoms with Gasteiger partial charge in [-0.3, -0.25) is 14.6 Å². The van der Waals surface area contributed by atoms with Gasteiger partial charge < -0.3 is 10.4 Å². The largest absolute Gasteiger partial charge is 0.478 e. The van der Waals surface area contributed by atoms with Crippen molar-refractivity contribution >= 4 is 17.7 Å². The number of rotatable bonds is 6. The summed E-state index contributed by atoms with van der Waals surface area (Å²) in [6.07, 6.45) is 1.05. The highest BCUT2D eigenvalue weighted by molar-refractivity contribution is 6.08. The summed E-state index contributed by atoms with van der Waals surface area (Å²) in [5.41, 5.74) is 2.23. The number of halogens is 1. The highest BCUT2D eigenvalue weighted by Crippen LogP contribution is 2.27. The predicted octanol–water partition coefficient (Wildman–Crippen LogP) is 3.88. The molecule has 0 aliphatic rings. The van der Waals surface area contributed by atoms with Gasteiger partial charge in [-0.15, -0.1) is 0 Å². The highest BCUT2D eigenvalue weighted by atomic mass is 19.1. The second-order valence-electron chi connectivity index (χ2n) is 6.65. The van der Waals surface area contributed by atoms with Crippen molar-refractivity contribution in [3.63, 3.8) is 0 Å². The number of hydrogen-bond donors (Lipinski definition) is 2. The molecular formula is C23H19FN2O4. The topological polar surface area (TPSA) is 96.4 Å². The van der Waals surface area contributed by atoms with Crippen molar-refractivity contribution < 1.29 is 23.9 Å². The molecule has 1 amide bonds. The molecule has 0 aliphatic carbocycles. The molecule has 152 valence electrons. The van der Waals surface area contributed by atoms with Gasteiger partial charge in [0.1, 0.15) is 11.5 Å². The average molecular weight is 406 g/mol. The molecule has 2 N–H and O–H groups in total. The maximum absolute atomic E-state index is 14.8. The average Bonchev–Trinajstić information content (AvgIpc) is 2.73. The van der Waals surface area contributed by atoms with Crippen LogP contribution in [0.3, 0.4) is 0 Å². The molecule has 3 aromatic rings. The van der Waals surface area contributed by atoms with E-state index in [1.54, 1.807) is 24.3 Å². The number of hydrogen-bond acceptors (Lipinski definition) is 4. The Kier molecular flexibility index (Phi) is 6.01. The van der Waals surface area contributed by atoms with Crippen molar-refractivity contribution in [3.8, 4) is 11.1 Å². The maximum atomic E-state index is 14.8. The number of carbonyl (C=O) groups excluding carboxylic acids is 2. The summed E-state index contributed by atoms with van der Waals surface area (Å²) in [6, 6.07) is 11.9. The lowest BCUT2D eigenvalue weighted by molar-refractivity contribution is 0.0695. The van der Waals surface area contributed by atoms with Crippen molar-refractivity contribution in [1.29, 1.82) is 0 Å². The number of nitrogens with one attached hydrogen (secondary N) is 1. The first-order chi connectivity index (χ1) is 14.3. The van der Waals surface area contributed by atoms with Crippen LogP contribution in [-0.4, -0.2) is 34.3 Å². The first kappa shape index (κ1) is 20.9. The zero-order valence-corrected chi connectivity index (χ0v) is 16.4. The fraction of sp³-hybridized carbons (Fsp3) is 0.130. The van der Waals surface area contributed by atoms with Crippen LogP contribution < -0.4 is 5.32 Å². The zero-order chi connectivity index (χ0) is 21.8. The number of carboxylic acids is 1. The Morgan fingerprint density at radius 2 is 1.77 bits per heavy atom. The molecule has 30 heavy (non-hydrogen) atoms. The summed E-state index contributed by atoms with van der Waals surface area (Å²) in [7, 11) is 0. The van der Waals surface area contributed by atoms with E-state index in [0.29, 0.717) is 23.2 Å². The molecule has 0 bridgehead atoms. The second-order valence-corrected chi connectivity index (χ2v) is 6.65. The minimum atomic E-state index is -1.16. The summed E-state index contributed by atoms with van der Waals surface area (Å²) in [4.78, 5) is 39.4. The van der Waals surface area contributed by atoms with Crippen LogP contribution in [0.15, 0.2) is 54.7 Å². The van der Waals surface area contributed by atoms with Gasteiger partial charge in [-0.2, -0.15) is 0 Å².